The first-order chi connectivity index (χ1) is 7.29. The quantitative estimate of drug-likeness (QED) is 0.826. The second kappa shape index (κ2) is 4.85. The van der Waals surface area contributed by atoms with Crippen molar-refractivity contribution in [1.82, 2.24) is 0 Å². The van der Waals surface area contributed by atoms with E-state index in [1.54, 1.807) is 6.92 Å². The van der Waals surface area contributed by atoms with Crippen LogP contribution in [-0.2, 0) is 0 Å². The average Bonchev–Trinajstić information content (AvgIpc) is 2.15. The van der Waals surface area contributed by atoms with Crippen molar-refractivity contribution in [1.29, 1.82) is 0 Å². The van der Waals surface area contributed by atoms with Crippen molar-refractivity contribution >= 4 is 0 Å². The second-order valence-corrected chi connectivity index (χ2v) is 5.09. The minimum Gasteiger partial charge on any atom is -0.488 e. The fraction of sp³-hybridized carbons (Fsp3) is 0.538. The predicted octanol–water partition coefficient (Wildman–Crippen LogP) is 2.24. The molecule has 3 heteroatoms. The number of nitrogens with two attached hydrogens (primary N) is 1. The Morgan fingerprint density at radius 2 is 1.69 bits per heavy atom. The zero-order valence-electron chi connectivity index (χ0n) is 10.4. The molecule has 0 saturated carbocycles. The van der Waals surface area contributed by atoms with E-state index in [0.717, 1.165) is 11.3 Å². The second-order valence-electron chi connectivity index (χ2n) is 5.09. The lowest BCUT2D eigenvalue weighted by Crippen LogP contribution is -2.24. The highest BCUT2D eigenvalue weighted by molar-refractivity contribution is 5.29. The summed E-state index contributed by atoms with van der Waals surface area (Å²) in [5.74, 6) is 0.799. The molecule has 0 heterocycles. The van der Waals surface area contributed by atoms with Crippen LogP contribution in [-0.4, -0.2) is 16.7 Å². The maximum atomic E-state index is 9.76. The zero-order valence-corrected chi connectivity index (χ0v) is 10.4. The van der Waals surface area contributed by atoms with E-state index in [2.05, 4.69) is 0 Å². The molecule has 2 unspecified atom stereocenters. The molecule has 0 aliphatic carbocycles. The molecular weight excluding hydrogens is 202 g/mol. The molecule has 0 saturated heterocycles. The topological polar surface area (TPSA) is 55.5 Å². The van der Waals surface area contributed by atoms with Gasteiger partial charge in [-0.1, -0.05) is 12.1 Å². The van der Waals surface area contributed by atoms with Crippen LogP contribution in [0.1, 0.15) is 39.4 Å². The molecule has 0 aliphatic rings. The molecule has 1 aromatic carbocycles. The van der Waals surface area contributed by atoms with Crippen molar-refractivity contribution in [2.45, 2.75) is 45.4 Å². The Morgan fingerprint density at radius 1 is 1.19 bits per heavy atom. The average molecular weight is 223 g/mol. The summed E-state index contributed by atoms with van der Waals surface area (Å²) < 4.78 is 5.68. The van der Waals surface area contributed by atoms with E-state index in [4.69, 9.17) is 10.5 Å². The van der Waals surface area contributed by atoms with Crippen LogP contribution < -0.4 is 10.5 Å². The van der Waals surface area contributed by atoms with Gasteiger partial charge in [0, 0.05) is 6.04 Å². The minimum absolute atomic E-state index is 0.207. The Hall–Kier alpha value is -1.06. The molecule has 0 spiro atoms. The van der Waals surface area contributed by atoms with Gasteiger partial charge in [0.1, 0.15) is 11.4 Å². The van der Waals surface area contributed by atoms with Crippen LogP contribution in [0.15, 0.2) is 24.3 Å². The fourth-order valence-electron chi connectivity index (χ4n) is 1.39. The van der Waals surface area contributed by atoms with Crippen molar-refractivity contribution in [2.75, 3.05) is 0 Å². The number of benzene rings is 1. The van der Waals surface area contributed by atoms with Crippen LogP contribution in [0.2, 0.25) is 0 Å². The van der Waals surface area contributed by atoms with Crippen LogP contribution in [0.25, 0.3) is 0 Å². The van der Waals surface area contributed by atoms with Crippen LogP contribution in [0, 0.1) is 0 Å². The Kier molecular flexibility index (Phi) is 3.94. The highest BCUT2D eigenvalue weighted by Gasteiger charge is 2.14. The maximum Gasteiger partial charge on any atom is 0.120 e. The summed E-state index contributed by atoms with van der Waals surface area (Å²) in [6.45, 7) is 7.78. The van der Waals surface area contributed by atoms with Gasteiger partial charge in [0.25, 0.3) is 0 Å². The summed E-state index contributed by atoms with van der Waals surface area (Å²) in [6.07, 6.45) is -0.622. The number of ether oxygens (including phenoxy) is 1. The van der Waals surface area contributed by atoms with Gasteiger partial charge >= 0.3 is 0 Å². The number of aliphatic hydroxyl groups is 1. The van der Waals surface area contributed by atoms with Crippen molar-refractivity contribution in [3.63, 3.8) is 0 Å². The van der Waals surface area contributed by atoms with Gasteiger partial charge in [-0.25, -0.2) is 0 Å². The van der Waals surface area contributed by atoms with E-state index in [1.807, 2.05) is 45.0 Å². The van der Waals surface area contributed by atoms with E-state index in [0.29, 0.717) is 0 Å². The lowest BCUT2D eigenvalue weighted by atomic mass is 10.0. The van der Waals surface area contributed by atoms with Crippen LogP contribution in [0.3, 0.4) is 0 Å². The van der Waals surface area contributed by atoms with Gasteiger partial charge in [0.05, 0.1) is 6.10 Å². The lowest BCUT2D eigenvalue weighted by molar-refractivity contribution is 0.130. The van der Waals surface area contributed by atoms with E-state index in [1.165, 1.54) is 0 Å². The van der Waals surface area contributed by atoms with E-state index in [-0.39, 0.29) is 11.6 Å². The summed E-state index contributed by atoms with van der Waals surface area (Å²) >= 11 is 0. The molecule has 1 rings (SSSR count). The molecule has 3 N–H and O–H groups in total. The third kappa shape index (κ3) is 3.83. The standard InChI is InChI=1S/C13H21NO2/c1-9(14)12(15)10-5-7-11(8-6-10)16-13(2,3)4/h5-9,12,15H,14H2,1-4H3. The van der Waals surface area contributed by atoms with E-state index in [9.17, 15) is 5.11 Å². The molecule has 1 aromatic rings. The smallest absolute Gasteiger partial charge is 0.120 e. The molecular formula is C13H21NO2. The van der Waals surface area contributed by atoms with Gasteiger partial charge in [0.2, 0.25) is 0 Å². The van der Waals surface area contributed by atoms with Gasteiger partial charge in [-0.15, -0.1) is 0 Å². The van der Waals surface area contributed by atoms with Gasteiger partial charge < -0.3 is 15.6 Å². The van der Waals surface area contributed by atoms with Gasteiger partial charge in [-0.2, -0.15) is 0 Å². The third-order valence-corrected chi connectivity index (χ3v) is 2.14. The summed E-state index contributed by atoms with van der Waals surface area (Å²) in [7, 11) is 0. The molecule has 0 radical (unpaired) electrons. The molecule has 3 nitrogen and oxygen atoms in total. The van der Waals surface area contributed by atoms with E-state index < -0.39 is 6.10 Å². The van der Waals surface area contributed by atoms with E-state index >= 15 is 0 Å². The first-order valence-corrected chi connectivity index (χ1v) is 5.52. The van der Waals surface area contributed by atoms with Crippen molar-refractivity contribution in [3.05, 3.63) is 29.8 Å². The molecule has 0 fully saturated rings. The van der Waals surface area contributed by atoms with Crippen molar-refractivity contribution < 1.29 is 9.84 Å². The Morgan fingerprint density at radius 3 is 2.06 bits per heavy atom. The Balaban J connectivity index is 2.76. The number of aliphatic hydroxyl groups excluding tert-OH is 1. The molecule has 0 bridgehead atoms. The molecule has 2 atom stereocenters. The first-order valence-electron chi connectivity index (χ1n) is 5.52. The largest absolute Gasteiger partial charge is 0.488 e. The van der Waals surface area contributed by atoms with Crippen molar-refractivity contribution in [2.24, 2.45) is 5.73 Å². The normalized spacial score (nSPS) is 15.6. The minimum atomic E-state index is -0.622. The highest BCUT2D eigenvalue weighted by atomic mass is 16.5. The summed E-state index contributed by atoms with van der Waals surface area (Å²) in [6, 6.07) is 7.12. The van der Waals surface area contributed by atoms with Crippen LogP contribution in [0.4, 0.5) is 0 Å². The molecule has 90 valence electrons. The zero-order chi connectivity index (χ0) is 12.3. The summed E-state index contributed by atoms with van der Waals surface area (Å²) in [5, 5.41) is 9.76. The number of hydrogen-bond acceptors (Lipinski definition) is 3. The molecule has 0 aliphatic heterocycles. The third-order valence-electron chi connectivity index (χ3n) is 2.14. The van der Waals surface area contributed by atoms with Crippen molar-refractivity contribution in [3.8, 4) is 5.75 Å². The molecule has 0 aromatic heterocycles. The summed E-state index contributed by atoms with van der Waals surface area (Å²) in [5.41, 5.74) is 6.24. The SMILES string of the molecule is CC(N)C(O)c1ccc(OC(C)(C)C)cc1. The van der Waals surface area contributed by atoms with Gasteiger partial charge in [0.15, 0.2) is 0 Å². The van der Waals surface area contributed by atoms with Gasteiger partial charge in [-0.3, -0.25) is 0 Å². The Bertz CT molecular complexity index is 325. The molecule has 0 amide bonds. The van der Waals surface area contributed by atoms with Gasteiger partial charge in [-0.05, 0) is 45.4 Å². The number of hydrogen-bond donors (Lipinski definition) is 2. The maximum absolute atomic E-state index is 9.76. The number of rotatable bonds is 3. The van der Waals surface area contributed by atoms with Crippen LogP contribution >= 0.6 is 0 Å². The fourth-order valence-corrected chi connectivity index (χ4v) is 1.39. The monoisotopic (exact) mass is 223 g/mol. The lowest BCUT2D eigenvalue weighted by Gasteiger charge is -2.22. The Labute approximate surface area is 97.2 Å². The summed E-state index contributed by atoms with van der Waals surface area (Å²) in [4.78, 5) is 0. The predicted molar refractivity (Wildman–Crippen MR) is 65.4 cm³/mol. The molecule has 16 heavy (non-hydrogen) atoms. The first kappa shape index (κ1) is 13.0. The van der Waals surface area contributed by atoms with Crippen LogP contribution in [0.5, 0.6) is 5.75 Å². The highest BCUT2D eigenvalue weighted by Crippen LogP contribution is 2.22.